The summed E-state index contributed by atoms with van der Waals surface area (Å²) in [6.07, 6.45) is 0.212. The number of rotatable bonds is 1. The minimum absolute atomic E-state index is 0.0108. The first-order chi connectivity index (χ1) is 10.6. The van der Waals surface area contributed by atoms with Gasteiger partial charge in [-0.1, -0.05) is 24.3 Å². The van der Waals surface area contributed by atoms with Gasteiger partial charge in [-0.2, -0.15) is 0 Å². The fourth-order valence-electron chi connectivity index (χ4n) is 2.63. The third kappa shape index (κ3) is 2.30. The molecule has 1 N–H and O–H groups in total. The Kier molecular flexibility index (Phi) is 3.55. The van der Waals surface area contributed by atoms with Gasteiger partial charge >= 0.3 is 0 Å². The number of aromatic hydroxyl groups is 1. The van der Waals surface area contributed by atoms with Crippen LogP contribution in [0.2, 0.25) is 0 Å². The molecule has 0 saturated heterocycles. The molecule has 5 heteroatoms. The first-order valence-corrected chi connectivity index (χ1v) is 7.05. The van der Waals surface area contributed by atoms with Gasteiger partial charge in [-0.25, -0.2) is 0 Å². The standard InChI is InChI=1S/C17H16N2O3/c1-18-13-8-5-9-14(20)16(13)19(11-10-15(18)21)17(22)12-6-3-2-4-7-12/h2-9,20H,10-11H2,1H3. The van der Waals surface area contributed by atoms with E-state index in [2.05, 4.69) is 0 Å². The van der Waals surface area contributed by atoms with E-state index in [4.69, 9.17) is 0 Å². The maximum Gasteiger partial charge on any atom is 0.258 e. The molecule has 0 spiro atoms. The number of anilines is 2. The molecule has 22 heavy (non-hydrogen) atoms. The van der Waals surface area contributed by atoms with Crippen LogP contribution < -0.4 is 9.80 Å². The van der Waals surface area contributed by atoms with Crippen molar-refractivity contribution in [1.29, 1.82) is 0 Å². The van der Waals surface area contributed by atoms with E-state index < -0.39 is 0 Å². The Morgan fingerprint density at radius 3 is 2.55 bits per heavy atom. The monoisotopic (exact) mass is 296 g/mol. The van der Waals surface area contributed by atoms with Crippen molar-refractivity contribution in [3.8, 4) is 5.75 Å². The molecule has 1 aliphatic heterocycles. The lowest BCUT2D eigenvalue weighted by atomic mass is 10.1. The van der Waals surface area contributed by atoms with Crippen LogP contribution in [0.1, 0.15) is 16.8 Å². The molecular weight excluding hydrogens is 280 g/mol. The topological polar surface area (TPSA) is 60.9 Å². The average Bonchev–Trinajstić information content (AvgIpc) is 2.67. The van der Waals surface area contributed by atoms with Crippen LogP contribution in [-0.4, -0.2) is 30.5 Å². The molecule has 2 aromatic carbocycles. The maximum atomic E-state index is 12.8. The summed E-state index contributed by atoms with van der Waals surface area (Å²) in [5.41, 5.74) is 1.44. The lowest BCUT2D eigenvalue weighted by Gasteiger charge is -2.24. The molecule has 0 bridgehead atoms. The lowest BCUT2D eigenvalue weighted by molar-refractivity contribution is -0.118. The van der Waals surface area contributed by atoms with Gasteiger partial charge in [0.1, 0.15) is 11.4 Å². The molecule has 2 amide bonds. The van der Waals surface area contributed by atoms with Gasteiger partial charge in [-0.05, 0) is 24.3 Å². The third-order valence-electron chi connectivity index (χ3n) is 3.81. The summed E-state index contributed by atoms with van der Waals surface area (Å²) in [6, 6.07) is 13.8. The maximum absolute atomic E-state index is 12.8. The Hall–Kier alpha value is -2.82. The van der Waals surface area contributed by atoms with Crippen molar-refractivity contribution >= 4 is 23.2 Å². The van der Waals surface area contributed by atoms with E-state index in [9.17, 15) is 14.7 Å². The Balaban J connectivity index is 2.11. The van der Waals surface area contributed by atoms with Crippen LogP contribution in [-0.2, 0) is 4.79 Å². The first kappa shape index (κ1) is 14.1. The van der Waals surface area contributed by atoms with E-state index >= 15 is 0 Å². The SMILES string of the molecule is CN1C(=O)CCN(C(=O)c2ccccc2)c2c(O)cccc21. The first-order valence-electron chi connectivity index (χ1n) is 7.05. The second-order valence-electron chi connectivity index (χ2n) is 5.17. The molecule has 1 heterocycles. The van der Waals surface area contributed by atoms with E-state index in [1.807, 2.05) is 6.07 Å². The Bertz CT molecular complexity index is 728. The summed E-state index contributed by atoms with van der Waals surface area (Å²) >= 11 is 0. The predicted octanol–water partition coefficient (Wildman–Crippen LogP) is 2.41. The van der Waals surface area contributed by atoms with Gasteiger partial charge in [0.25, 0.3) is 5.91 Å². The Labute approximate surface area is 128 Å². The molecule has 0 unspecified atom stereocenters. The number of benzene rings is 2. The molecule has 1 aliphatic rings. The summed E-state index contributed by atoms with van der Waals surface area (Å²) in [6.45, 7) is 0.238. The van der Waals surface area contributed by atoms with Gasteiger partial charge in [-0.3, -0.25) is 9.59 Å². The molecule has 0 aromatic heterocycles. The van der Waals surface area contributed by atoms with E-state index in [0.29, 0.717) is 16.9 Å². The molecule has 0 radical (unpaired) electrons. The fourth-order valence-corrected chi connectivity index (χ4v) is 2.63. The smallest absolute Gasteiger partial charge is 0.258 e. The van der Waals surface area contributed by atoms with E-state index in [1.165, 1.54) is 15.9 Å². The van der Waals surface area contributed by atoms with Crippen molar-refractivity contribution in [2.75, 3.05) is 23.4 Å². The molecular formula is C17H16N2O3. The Morgan fingerprint density at radius 2 is 1.82 bits per heavy atom. The summed E-state index contributed by atoms with van der Waals surface area (Å²) in [5.74, 6) is -0.329. The van der Waals surface area contributed by atoms with Gasteiger partial charge < -0.3 is 14.9 Å². The number of hydrogen-bond donors (Lipinski definition) is 1. The fraction of sp³-hybridized carbons (Fsp3) is 0.176. The number of amides is 2. The van der Waals surface area contributed by atoms with Crippen LogP contribution >= 0.6 is 0 Å². The van der Waals surface area contributed by atoms with Crippen molar-refractivity contribution in [3.63, 3.8) is 0 Å². The number of fused-ring (bicyclic) bond motifs is 1. The highest BCUT2D eigenvalue weighted by Gasteiger charge is 2.30. The van der Waals surface area contributed by atoms with Gasteiger partial charge in [0.15, 0.2) is 0 Å². The molecule has 5 nitrogen and oxygen atoms in total. The van der Waals surface area contributed by atoms with Crippen LogP contribution in [0, 0.1) is 0 Å². The number of hydrogen-bond acceptors (Lipinski definition) is 3. The van der Waals surface area contributed by atoms with Crippen molar-refractivity contribution in [3.05, 3.63) is 54.1 Å². The highest BCUT2D eigenvalue weighted by molar-refractivity contribution is 6.12. The molecule has 112 valence electrons. The van der Waals surface area contributed by atoms with Crippen LogP contribution in [0.3, 0.4) is 0 Å². The molecule has 0 fully saturated rings. The Morgan fingerprint density at radius 1 is 1.09 bits per heavy atom. The van der Waals surface area contributed by atoms with Crippen molar-refractivity contribution in [2.45, 2.75) is 6.42 Å². The number of carbonyl (C=O) groups excluding carboxylic acids is 2. The van der Waals surface area contributed by atoms with Crippen molar-refractivity contribution in [1.82, 2.24) is 0 Å². The van der Waals surface area contributed by atoms with Gasteiger partial charge in [0, 0.05) is 25.6 Å². The van der Waals surface area contributed by atoms with Crippen LogP contribution in [0.5, 0.6) is 5.75 Å². The zero-order chi connectivity index (χ0) is 15.7. The largest absolute Gasteiger partial charge is 0.506 e. The summed E-state index contributed by atoms with van der Waals surface area (Å²) in [7, 11) is 1.65. The molecule has 3 rings (SSSR count). The van der Waals surface area contributed by atoms with Crippen LogP contribution in [0.25, 0.3) is 0 Å². The average molecular weight is 296 g/mol. The van der Waals surface area contributed by atoms with E-state index in [0.717, 1.165) is 0 Å². The zero-order valence-corrected chi connectivity index (χ0v) is 12.2. The van der Waals surface area contributed by atoms with Gasteiger partial charge in [0.2, 0.25) is 5.91 Å². The minimum atomic E-state index is -0.230. The van der Waals surface area contributed by atoms with Gasteiger partial charge in [0.05, 0.1) is 5.69 Å². The quantitative estimate of drug-likeness (QED) is 0.879. The molecule has 0 aliphatic carbocycles. The summed E-state index contributed by atoms with van der Waals surface area (Å²) in [5, 5.41) is 10.2. The van der Waals surface area contributed by atoms with Crippen LogP contribution in [0.4, 0.5) is 11.4 Å². The van der Waals surface area contributed by atoms with Crippen molar-refractivity contribution in [2.24, 2.45) is 0 Å². The van der Waals surface area contributed by atoms with E-state index in [-0.39, 0.29) is 30.5 Å². The van der Waals surface area contributed by atoms with Crippen LogP contribution in [0.15, 0.2) is 48.5 Å². The lowest BCUT2D eigenvalue weighted by Crippen LogP contribution is -2.32. The minimum Gasteiger partial charge on any atom is -0.506 e. The highest BCUT2D eigenvalue weighted by atomic mass is 16.3. The number of nitrogens with zero attached hydrogens (tertiary/aromatic N) is 2. The summed E-state index contributed by atoms with van der Waals surface area (Å²) in [4.78, 5) is 27.8. The predicted molar refractivity (Wildman–Crippen MR) is 84.3 cm³/mol. The molecule has 0 atom stereocenters. The van der Waals surface area contributed by atoms with E-state index in [1.54, 1.807) is 43.4 Å². The third-order valence-corrected chi connectivity index (χ3v) is 3.81. The second-order valence-corrected chi connectivity index (χ2v) is 5.17. The molecule has 2 aromatic rings. The zero-order valence-electron chi connectivity index (χ0n) is 12.2. The summed E-state index contributed by atoms with van der Waals surface area (Å²) < 4.78 is 0. The highest BCUT2D eigenvalue weighted by Crippen LogP contribution is 2.39. The van der Waals surface area contributed by atoms with Crippen molar-refractivity contribution < 1.29 is 14.7 Å². The number of carbonyl (C=O) groups is 2. The normalized spacial score (nSPS) is 14.5. The number of phenols is 1. The second kappa shape index (κ2) is 5.52. The van der Waals surface area contributed by atoms with Gasteiger partial charge in [-0.15, -0.1) is 0 Å². The number of phenolic OH excluding ortho intramolecular Hbond substituents is 1. The number of para-hydroxylation sites is 1. The molecule has 0 saturated carbocycles.